The van der Waals surface area contributed by atoms with Gasteiger partial charge in [0, 0.05) is 5.69 Å². The lowest BCUT2D eigenvalue weighted by Crippen LogP contribution is -2.24. The number of anilines is 1. The second-order valence-electron chi connectivity index (χ2n) is 5.70. The molecule has 1 atom stereocenters. The van der Waals surface area contributed by atoms with E-state index in [4.69, 9.17) is 17.3 Å². The van der Waals surface area contributed by atoms with E-state index in [-0.39, 0.29) is 16.1 Å². The maximum absolute atomic E-state index is 13.8. The molecule has 0 saturated carbocycles. The zero-order valence-corrected chi connectivity index (χ0v) is 12.2. The van der Waals surface area contributed by atoms with E-state index in [9.17, 15) is 9.18 Å². The highest BCUT2D eigenvalue weighted by Gasteiger charge is 2.47. The highest BCUT2D eigenvalue weighted by Crippen LogP contribution is 2.51. The van der Waals surface area contributed by atoms with E-state index < -0.39 is 11.7 Å². The van der Waals surface area contributed by atoms with Crippen molar-refractivity contribution in [2.45, 2.75) is 12.0 Å². The Morgan fingerprint density at radius 3 is 2.91 bits per heavy atom. The van der Waals surface area contributed by atoms with Gasteiger partial charge in [-0.1, -0.05) is 29.8 Å². The third-order valence-corrected chi connectivity index (χ3v) is 4.46. The van der Waals surface area contributed by atoms with Gasteiger partial charge in [0.15, 0.2) is 0 Å². The number of carbonyl (C=O) groups excluding carboxylic acids is 1. The van der Waals surface area contributed by atoms with E-state index in [2.05, 4.69) is 5.32 Å². The minimum atomic E-state index is -0.640. The fourth-order valence-electron chi connectivity index (χ4n) is 3.00. The Balaban J connectivity index is 1.61. The summed E-state index contributed by atoms with van der Waals surface area (Å²) >= 11 is 5.90. The number of hydrogen-bond donors (Lipinski definition) is 2. The maximum Gasteiger partial charge on any atom is 0.260 e. The van der Waals surface area contributed by atoms with Gasteiger partial charge in [0.05, 0.1) is 16.1 Å². The summed E-state index contributed by atoms with van der Waals surface area (Å²) in [6.45, 7) is 0. The fourth-order valence-corrected chi connectivity index (χ4v) is 3.25. The van der Waals surface area contributed by atoms with E-state index in [1.165, 1.54) is 18.2 Å². The number of halogens is 2. The molecule has 0 aromatic heterocycles. The SMILES string of the molecule is NC12C=C1c1ccc(NC(=O)c3c(F)cccc3Cl)cc1C2. The van der Waals surface area contributed by atoms with E-state index in [0.29, 0.717) is 5.69 Å². The molecule has 0 fully saturated rings. The molecule has 1 amide bonds. The molecule has 2 aliphatic rings. The van der Waals surface area contributed by atoms with Gasteiger partial charge in [0.2, 0.25) is 0 Å². The molecule has 1 unspecified atom stereocenters. The Labute approximate surface area is 131 Å². The van der Waals surface area contributed by atoms with Crippen LogP contribution in [0.4, 0.5) is 10.1 Å². The molecule has 0 saturated heterocycles. The number of nitrogens with two attached hydrogens (primary N) is 1. The summed E-state index contributed by atoms with van der Waals surface area (Å²) in [6.07, 6.45) is 2.79. The number of benzene rings is 2. The molecule has 3 N–H and O–H groups in total. The first kappa shape index (κ1) is 13.5. The largest absolute Gasteiger partial charge is 0.322 e. The van der Waals surface area contributed by atoms with Crippen molar-refractivity contribution in [2.24, 2.45) is 5.73 Å². The van der Waals surface area contributed by atoms with Crippen LogP contribution in [0.1, 0.15) is 21.5 Å². The van der Waals surface area contributed by atoms with Gasteiger partial charge in [-0.3, -0.25) is 4.79 Å². The standard InChI is InChI=1S/C17H12ClFN2O/c18-13-2-1-3-14(19)15(13)16(22)21-10-4-5-11-9(6-10)7-17(20)8-12(11)17/h1-6,8H,7,20H2,(H,21,22). The number of hydrogen-bond acceptors (Lipinski definition) is 2. The monoisotopic (exact) mass is 314 g/mol. The van der Waals surface area contributed by atoms with Crippen LogP contribution in [-0.2, 0) is 6.42 Å². The van der Waals surface area contributed by atoms with Gasteiger partial charge in [0.1, 0.15) is 5.82 Å². The summed E-state index contributed by atoms with van der Waals surface area (Å²) in [6, 6.07) is 9.76. The molecular formula is C17H12ClFN2O. The number of nitrogens with one attached hydrogen (secondary N) is 1. The van der Waals surface area contributed by atoms with Crippen LogP contribution in [0.25, 0.3) is 5.57 Å². The van der Waals surface area contributed by atoms with Gasteiger partial charge in [-0.05, 0) is 47.4 Å². The van der Waals surface area contributed by atoms with E-state index in [1.54, 1.807) is 6.07 Å². The minimum absolute atomic E-state index is 0.0889. The summed E-state index contributed by atoms with van der Waals surface area (Å²) in [5.41, 5.74) is 9.69. The topological polar surface area (TPSA) is 55.1 Å². The van der Waals surface area contributed by atoms with Crippen molar-refractivity contribution < 1.29 is 9.18 Å². The third kappa shape index (κ3) is 1.95. The first-order valence-electron chi connectivity index (χ1n) is 6.89. The average molecular weight is 315 g/mol. The molecule has 0 aliphatic heterocycles. The number of fused-ring (bicyclic) bond motifs is 3. The molecule has 0 radical (unpaired) electrons. The highest BCUT2D eigenvalue weighted by molar-refractivity contribution is 6.34. The Morgan fingerprint density at radius 1 is 1.32 bits per heavy atom. The van der Waals surface area contributed by atoms with Crippen molar-refractivity contribution in [3.05, 3.63) is 70.0 Å². The lowest BCUT2D eigenvalue weighted by atomic mass is 10.1. The zero-order chi connectivity index (χ0) is 15.5. The van der Waals surface area contributed by atoms with Crippen molar-refractivity contribution in [2.75, 3.05) is 5.32 Å². The van der Waals surface area contributed by atoms with Crippen LogP contribution in [-0.4, -0.2) is 11.4 Å². The number of amides is 1. The van der Waals surface area contributed by atoms with Crippen molar-refractivity contribution in [3.8, 4) is 0 Å². The highest BCUT2D eigenvalue weighted by atomic mass is 35.5. The zero-order valence-electron chi connectivity index (χ0n) is 11.5. The third-order valence-electron chi connectivity index (χ3n) is 4.15. The predicted molar refractivity (Wildman–Crippen MR) is 84.4 cm³/mol. The Kier molecular flexibility index (Phi) is 2.71. The molecule has 2 aliphatic carbocycles. The van der Waals surface area contributed by atoms with Crippen LogP contribution in [0.3, 0.4) is 0 Å². The van der Waals surface area contributed by atoms with E-state index in [0.717, 1.165) is 23.1 Å². The van der Waals surface area contributed by atoms with Gasteiger partial charge in [-0.2, -0.15) is 0 Å². The number of carbonyl (C=O) groups is 1. The normalized spacial score (nSPS) is 21.0. The second kappa shape index (κ2) is 4.41. The van der Waals surface area contributed by atoms with Gasteiger partial charge < -0.3 is 11.1 Å². The molecule has 2 aromatic rings. The van der Waals surface area contributed by atoms with Crippen LogP contribution in [0, 0.1) is 5.82 Å². The van der Waals surface area contributed by atoms with Crippen molar-refractivity contribution in [1.29, 1.82) is 0 Å². The smallest absolute Gasteiger partial charge is 0.260 e. The lowest BCUT2D eigenvalue weighted by molar-refractivity contribution is 0.102. The molecule has 0 bridgehead atoms. The molecule has 2 aromatic carbocycles. The fraction of sp³-hybridized carbons (Fsp3) is 0.118. The Morgan fingerprint density at radius 2 is 2.14 bits per heavy atom. The quantitative estimate of drug-likeness (QED) is 0.893. The maximum atomic E-state index is 13.8. The summed E-state index contributed by atoms with van der Waals surface area (Å²) in [4.78, 5) is 12.2. The molecular weight excluding hydrogens is 303 g/mol. The van der Waals surface area contributed by atoms with Crippen LogP contribution < -0.4 is 11.1 Å². The molecule has 5 heteroatoms. The lowest BCUT2D eigenvalue weighted by Gasteiger charge is -2.10. The predicted octanol–water partition coefficient (Wildman–Crippen LogP) is 3.38. The molecule has 4 rings (SSSR count). The molecule has 0 spiro atoms. The van der Waals surface area contributed by atoms with Crippen molar-refractivity contribution >= 4 is 28.8 Å². The van der Waals surface area contributed by atoms with Crippen LogP contribution in [0.5, 0.6) is 0 Å². The van der Waals surface area contributed by atoms with E-state index in [1.807, 2.05) is 18.2 Å². The Hall–Kier alpha value is -2.17. The first-order chi connectivity index (χ1) is 10.5. The van der Waals surface area contributed by atoms with Crippen LogP contribution >= 0.6 is 11.6 Å². The average Bonchev–Trinajstić information content (AvgIpc) is 3.02. The Bertz CT molecular complexity index is 841. The first-order valence-corrected chi connectivity index (χ1v) is 7.27. The second-order valence-corrected chi connectivity index (χ2v) is 6.11. The van der Waals surface area contributed by atoms with Gasteiger partial charge in [-0.15, -0.1) is 0 Å². The van der Waals surface area contributed by atoms with Crippen LogP contribution in [0.2, 0.25) is 5.02 Å². The van der Waals surface area contributed by atoms with Crippen molar-refractivity contribution in [1.82, 2.24) is 0 Å². The van der Waals surface area contributed by atoms with Crippen molar-refractivity contribution in [3.63, 3.8) is 0 Å². The van der Waals surface area contributed by atoms with E-state index >= 15 is 0 Å². The van der Waals surface area contributed by atoms with Gasteiger partial charge in [-0.25, -0.2) is 4.39 Å². The summed E-state index contributed by atoms with van der Waals surface area (Å²) in [7, 11) is 0. The summed E-state index contributed by atoms with van der Waals surface area (Å²) in [5.74, 6) is -1.20. The van der Waals surface area contributed by atoms with Gasteiger partial charge in [0.25, 0.3) is 5.91 Å². The molecule has 22 heavy (non-hydrogen) atoms. The summed E-state index contributed by atoms with van der Waals surface area (Å²) in [5, 5.41) is 2.78. The number of rotatable bonds is 2. The molecule has 0 heterocycles. The molecule has 110 valence electrons. The van der Waals surface area contributed by atoms with Gasteiger partial charge >= 0.3 is 0 Å². The minimum Gasteiger partial charge on any atom is -0.322 e. The summed E-state index contributed by atoms with van der Waals surface area (Å²) < 4.78 is 13.8. The molecule has 3 nitrogen and oxygen atoms in total. The van der Waals surface area contributed by atoms with Crippen LogP contribution in [0.15, 0.2) is 42.5 Å².